The monoisotopic (exact) mass is 361 g/mol. The van der Waals surface area contributed by atoms with E-state index in [9.17, 15) is 9.59 Å². The molecule has 2 amide bonds. The van der Waals surface area contributed by atoms with E-state index in [4.69, 9.17) is 0 Å². The highest BCUT2D eigenvalue weighted by Gasteiger charge is 2.39. The first-order chi connectivity index (χ1) is 13.1. The first kappa shape index (κ1) is 17.5. The maximum atomic E-state index is 12.9. The topological polar surface area (TPSA) is 62.3 Å². The van der Waals surface area contributed by atoms with Gasteiger partial charge < -0.3 is 10.2 Å². The summed E-state index contributed by atoms with van der Waals surface area (Å²) in [5.41, 5.74) is 3.57. The van der Waals surface area contributed by atoms with Crippen LogP contribution in [0.1, 0.15) is 35.7 Å². The van der Waals surface area contributed by atoms with Gasteiger partial charge in [0.05, 0.1) is 0 Å². The van der Waals surface area contributed by atoms with Crippen LogP contribution in [0.3, 0.4) is 0 Å². The van der Waals surface area contributed by atoms with E-state index >= 15 is 0 Å². The third-order valence-electron chi connectivity index (χ3n) is 5.32. The Morgan fingerprint density at radius 3 is 2.63 bits per heavy atom. The molecular formula is C22H23N3O2. The van der Waals surface area contributed by atoms with Crippen molar-refractivity contribution in [1.29, 1.82) is 0 Å². The van der Waals surface area contributed by atoms with E-state index in [1.54, 1.807) is 30.5 Å². The Morgan fingerprint density at radius 1 is 1.19 bits per heavy atom. The number of carbonyl (C=O) groups excluding carboxylic acids is 2. The minimum Gasteiger partial charge on any atom is -0.334 e. The number of benzene rings is 1. The second-order valence-corrected chi connectivity index (χ2v) is 7.37. The van der Waals surface area contributed by atoms with Crippen molar-refractivity contribution in [3.05, 3.63) is 66.0 Å². The Balaban J connectivity index is 1.40. The number of amides is 2. The SMILES string of the molecule is C[C@@H]1C[C@H]1C(=O)Nc1ccc(C(=O)N2CCC=C(c3cccnc3)C2)cc1. The molecule has 0 saturated heterocycles. The highest BCUT2D eigenvalue weighted by molar-refractivity contribution is 5.97. The molecule has 27 heavy (non-hydrogen) atoms. The van der Waals surface area contributed by atoms with Crippen molar-refractivity contribution in [1.82, 2.24) is 9.88 Å². The molecule has 138 valence electrons. The van der Waals surface area contributed by atoms with Crippen LogP contribution in [0, 0.1) is 11.8 Å². The molecule has 0 spiro atoms. The summed E-state index contributed by atoms with van der Waals surface area (Å²) in [5.74, 6) is 0.700. The van der Waals surface area contributed by atoms with Gasteiger partial charge in [0.1, 0.15) is 0 Å². The van der Waals surface area contributed by atoms with E-state index < -0.39 is 0 Å². The van der Waals surface area contributed by atoms with Crippen molar-refractivity contribution in [3.8, 4) is 0 Å². The lowest BCUT2D eigenvalue weighted by molar-refractivity contribution is -0.117. The molecule has 0 radical (unpaired) electrons. The maximum Gasteiger partial charge on any atom is 0.254 e. The first-order valence-electron chi connectivity index (χ1n) is 9.41. The van der Waals surface area contributed by atoms with Gasteiger partial charge in [0.2, 0.25) is 5.91 Å². The van der Waals surface area contributed by atoms with E-state index in [1.165, 1.54) is 0 Å². The molecule has 2 heterocycles. The number of hydrogen-bond donors (Lipinski definition) is 1. The van der Waals surface area contributed by atoms with Crippen LogP contribution in [-0.2, 0) is 4.79 Å². The molecule has 5 heteroatoms. The van der Waals surface area contributed by atoms with E-state index in [0.717, 1.165) is 29.7 Å². The van der Waals surface area contributed by atoms with E-state index in [2.05, 4.69) is 23.3 Å². The number of aromatic nitrogens is 1. The summed E-state index contributed by atoms with van der Waals surface area (Å²) in [7, 11) is 0. The van der Waals surface area contributed by atoms with Gasteiger partial charge in [-0.3, -0.25) is 14.6 Å². The van der Waals surface area contributed by atoms with E-state index in [1.807, 2.05) is 23.2 Å². The summed E-state index contributed by atoms with van der Waals surface area (Å²) >= 11 is 0. The van der Waals surface area contributed by atoms with Crippen molar-refractivity contribution >= 4 is 23.1 Å². The molecular weight excluding hydrogens is 338 g/mol. The Morgan fingerprint density at radius 2 is 1.96 bits per heavy atom. The zero-order valence-corrected chi connectivity index (χ0v) is 15.4. The average molecular weight is 361 g/mol. The lowest BCUT2D eigenvalue weighted by atomic mass is 10.0. The third-order valence-corrected chi connectivity index (χ3v) is 5.32. The number of pyridine rings is 1. The molecule has 2 aliphatic rings. The van der Waals surface area contributed by atoms with Crippen molar-refractivity contribution in [2.24, 2.45) is 11.8 Å². The van der Waals surface area contributed by atoms with Crippen LogP contribution in [-0.4, -0.2) is 34.8 Å². The number of hydrogen-bond acceptors (Lipinski definition) is 3. The van der Waals surface area contributed by atoms with Crippen LogP contribution in [0.15, 0.2) is 54.9 Å². The second-order valence-electron chi connectivity index (χ2n) is 7.37. The van der Waals surface area contributed by atoms with Gasteiger partial charge in [-0.15, -0.1) is 0 Å². The molecule has 1 N–H and O–H groups in total. The number of rotatable bonds is 4. The maximum absolute atomic E-state index is 12.9. The number of nitrogens with zero attached hydrogens (tertiary/aromatic N) is 2. The van der Waals surface area contributed by atoms with Crippen LogP contribution in [0.25, 0.3) is 5.57 Å². The summed E-state index contributed by atoms with van der Waals surface area (Å²) in [5, 5.41) is 2.93. The quantitative estimate of drug-likeness (QED) is 0.905. The molecule has 1 saturated carbocycles. The Kier molecular flexibility index (Phi) is 4.75. The molecule has 5 nitrogen and oxygen atoms in total. The zero-order valence-electron chi connectivity index (χ0n) is 15.4. The van der Waals surface area contributed by atoms with Gasteiger partial charge in [-0.2, -0.15) is 0 Å². The molecule has 1 aliphatic heterocycles. The predicted molar refractivity (Wildman–Crippen MR) is 105 cm³/mol. The Bertz CT molecular complexity index is 874. The van der Waals surface area contributed by atoms with E-state index in [-0.39, 0.29) is 17.7 Å². The second kappa shape index (κ2) is 7.35. The molecule has 0 bridgehead atoms. The lowest BCUT2D eigenvalue weighted by Gasteiger charge is -2.27. The summed E-state index contributed by atoms with van der Waals surface area (Å²) < 4.78 is 0. The van der Waals surface area contributed by atoms with Crippen LogP contribution in [0.2, 0.25) is 0 Å². The standard InChI is InChI=1S/C22H23N3O2/c1-15-12-20(15)21(26)24-19-8-6-16(7-9-19)22(27)25-11-3-5-18(14-25)17-4-2-10-23-13-17/h2,4-10,13,15,20H,3,11-12,14H2,1H3,(H,24,26)/t15-,20-/m1/s1. The van der Waals surface area contributed by atoms with Gasteiger partial charge >= 0.3 is 0 Å². The minimum absolute atomic E-state index is 0.0122. The Hall–Kier alpha value is -2.95. The fourth-order valence-electron chi connectivity index (χ4n) is 3.48. The highest BCUT2D eigenvalue weighted by atomic mass is 16.2. The van der Waals surface area contributed by atoms with Gasteiger partial charge in [-0.1, -0.05) is 19.1 Å². The van der Waals surface area contributed by atoms with Crippen LogP contribution in [0.4, 0.5) is 5.69 Å². The molecule has 2 aromatic rings. The molecule has 1 aromatic heterocycles. The van der Waals surface area contributed by atoms with Gasteiger partial charge in [-0.05, 0) is 60.2 Å². The van der Waals surface area contributed by atoms with Gasteiger partial charge in [0.15, 0.2) is 0 Å². The van der Waals surface area contributed by atoms with Crippen LogP contribution < -0.4 is 5.32 Å². The van der Waals surface area contributed by atoms with Crippen molar-refractivity contribution in [2.75, 3.05) is 18.4 Å². The Labute approximate surface area is 159 Å². The highest BCUT2D eigenvalue weighted by Crippen LogP contribution is 2.38. The molecule has 2 atom stereocenters. The van der Waals surface area contributed by atoms with Crippen molar-refractivity contribution in [3.63, 3.8) is 0 Å². The summed E-state index contributed by atoms with van der Waals surface area (Å²) in [6.07, 6.45) is 7.56. The molecule has 1 aromatic carbocycles. The van der Waals surface area contributed by atoms with Gasteiger partial charge in [0, 0.05) is 42.7 Å². The normalized spacial score (nSPS) is 21.4. The van der Waals surface area contributed by atoms with Gasteiger partial charge in [0.25, 0.3) is 5.91 Å². The van der Waals surface area contributed by atoms with Crippen LogP contribution in [0.5, 0.6) is 0 Å². The minimum atomic E-state index is 0.0122. The number of nitrogens with one attached hydrogen (secondary N) is 1. The zero-order chi connectivity index (χ0) is 18.8. The van der Waals surface area contributed by atoms with Gasteiger partial charge in [-0.25, -0.2) is 0 Å². The molecule has 1 fully saturated rings. The first-order valence-corrected chi connectivity index (χ1v) is 9.41. The largest absolute Gasteiger partial charge is 0.334 e. The average Bonchev–Trinajstić information content (AvgIpc) is 3.46. The summed E-state index contributed by atoms with van der Waals surface area (Å²) in [6.45, 7) is 3.38. The summed E-state index contributed by atoms with van der Waals surface area (Å²) in [6, 6.07) is 11.1. The summed E-state index contributed by atoms with van der Waals surface area (Å²) in [4.78, 5) is 30.9. The van der Waals surface area contributed by atoms with Crippen LogP contribution >= 0.6 is 0 Å². The smallest absolute Gasteiger partial charge is 0.254 e. The number of anilines is 1. The number of carbonyl (C=O) groups is 2. The van der Waals surface area contributed by atoms with Crippen molar-refractivity contribution < 1.29 is 9.59 Å². The fourth-order valence-corrected chi connectivity index (χ4v) is 3.48. The predicted octanol–water partition coefficient (Wildman–Crippen LogP) is 3.61. The fraction of sp³-hybridized carbons (Fsp3) is 0.318. The third kappa shape index (κ3) is 3.92. The molecule has 4 rings (SSSR count). The van der Waals surface area contributed by atoms with E-state index in [0.29, 0.717) is 24.6 Å². The molecule has 0 unspecified atom stereocenters. The van der Waals surface area contributed by atoms with Crippen molar-refractivity contribution in [2.45, 2.75) is 19.8 Å². The lowest BCUT2D eigenvalue weighted by Crippen LogP contribution is -2.35. The molecule has 1 aliphatic carbocycles.